The third-order valence-electron chi connectivity index (χ3n) is 12.4. The standard InChI is InChI=1S/C37H57NO8/c1-6-7-8-9-10-11-12-13-14-17-28(40)46-36-22-25(3)35-21-24(2)32(45-33(43)38-18-15-16-19-38)37(35,44)30(41)26(23-39)20-27(31(35)42)29(36)34(36,4)5/h20-21,25,27,29-30,32,39,41,44H,6-19,22-23H2,1-5H3/t25-,27+,29-,30-,32+,35+,36+,37+/m1/s1. The molecule has 0 aromatic carbocycles. The van der Waals surface area contributed by atoms with E-state index in [4.69, 9.17) is 9.47 Å². The van der Waals surface area contributed by atoms with Crippen molar-refractivity contribution < 1.29 is 39.2 Å². The molecule has 1 saturated heterocycles. The van der Waals surface area contributed by atoms with Crippen LogP contribution in [0.5, 0.6) is 0 Å². The van der Waals surface area contributed by atoms with Crippen LogP contribution in [0.3, 0.4) is 0 Å². The highest BCUT2D eigenvalue weighted by Crippen LogP contribution is 2.75. The number of hydrogen-bond acceptors (Lipinski definition) is 8. The van der Waals surface area contributed by atoms with Crippen molar-refractivity contribution in [2.45, 2.75) is 141 Å². The Morgan fingerprint density at radius 1 is 1.02 bits per heavy atom. The molecule has 8 atom stereocenters. The number of ketones is 1. The second kappa shape index (κ2) is 13.3. The molecule has 5 aliphatic rings. The zero-order valence-electron chi connectivity index (χ0n) is 28.7. The van der Waals surface area contributed by atoms with Crippen LogP contribution in [0.15, 0.2) is 23.3 Å². The Labute approximate surface area is 274 Å². The van der Waals surface area contributed by atoms with Crippen molar-refractivity contribution in [3.63, 3.8) is 0 Å². The van der Waals surface area contributed by atoms with Crippen LogP contribution in [0.1, 0.15) is 118 Å². The third-order valence-corrected chi connectivity index (χ3v) is 12.4. The van der Waals surface area contributed by atoms with E-state index in [2.05, 4.69) is 6.92 Å². The van der Waals surface area contributed by atoms with E-state index >= 15 is 0 Å². The average Bonchev–Trinajstić information content (AvgIpc) is 3.37. The molecule has 0 aromatic rings. The lowest BCUT2D eigenvalue weighted by Crippen LogP contribution is -2.66. The molecule has 1 aliphatic heterocycles. The summed E-state index contributed by atoms with van der Waals surface area (Å²) in [7, 11) is 0. The minimum Gasteiger partial charge on any atom is -0.458 e. The lowest BCUT2D eigenvalue weighted by molar-refractivity contribution is -0.193. The molecule has 2 saturated carbocycles. The summed E-state index contributed by atoms with van der Waals surface area (Å²) in [5, 5.41) is 35.0. The quantitative estimate of drug-likeness (QED) is 0.133. The molecule has 3 fully saturated rings. The van der Waals surface area contributed by atoms with Gasteiger partial charge in [0.15, 0.2) is 17.5 Å². The number of ether oxygens (including phenoxy) is 2. The number of aliphatic hydroxyl groups is 3. The molecule has 3 N–H and O–H groups in total. The fourth-order valence-electron chi connectivity index (χ4n) is 9.80. The maximum absolute atomic E-state index is 14.9. The molecule has 0 radical (unpaired) electrons. The van der Waals surface area contributed by atoms with Gasteiger partial charge in [0.1, 0.15) is 11.7 Å². The second-order valence-electron chi connectivity index (χ2n) is 15.5. The molecule has 46 heavy (non-hydrogen) atoms. The first-order valence-corrected chi connectivity index (χ1v) is 18.0. The van der Waals surface area contributed by atoms with E-state index < -0.39 is 64.7 Å². The predicted octanol–water partition coefficient (Wildman–Crippen LogP) is 5.64. The van der Waals surface area contributed by atoms with Crippen LogP contribution in [0.4, 0.5) is 4.79 Å². The van der Waals surface area contributed by atoms with Crippen molar-refractivity contribution in [3.05, 3.63) is 23.3 Å². The number of amides is 1. The van der Waals surface area contributed by atoms with E-state index in [0.717, 1.165) is 32.1 Å². The van der Waals surface area contributed by atoms with Gasteiger partial charge in [0, 0.05) is 36.8 Å². The Hall–Kier alpha value is -2.23. The van der Waals surface area contributed by atoms with Gasteiger partial charge in [-0.25, -0.2) is 4.79 Å². The maximum Gasteiger partial charge on any atom is 0.410 e. The van der Waals surface area contributed by atoms with E-state index in [0.29, 0.717) is 31.5 Å². The smallest absolute Gasteiger partial charge is 0.410 e. The minimum atomic E-state index is -2.24. The van der Waals surface area contributed by atoms with Gasteiger partial charge in [-0.2, -0.15) is 0 Å². The summed E-state index contributed by atoms with van der Waals surface area (Å²) < 4.78 is 12.4. The topological polar surface area (TPSA) is 134 Å². The van der Waals surface area contributed by atoms with E-state index in [1.807, 2.05) is 20.8 Å². The number of hydrogen-bond donors (Lipinski definition) is 3. The number of likely N-dealkylation sites (tertiary alicyclic amines) is 1. The van der Waals surface area contributed by atoms with Gasteiger partial charge in [-0.05, 0) is 49.7 Å². The molecule has 258 valence electrons. The van der Waals surface area contributed by atoms with Gasteiger partial charge in [-0.3, -0.25) is 9.59 Å². The highest BCUT2D eigenvalue weighted by Gasteiger charge is 2.83. The molecule has 1 amide bonds. The number of rotatable bonds is 13. The number of aliphatic hydroxyl groups excluding tert-OH is 2. The maximum atomic E-state index is 14.9. The van der Waals surface area contributed by atoms with Crippen LogP contribution < -0.4 is 0 Å². The number of allylic oxidation sites excluding steroid dienone is 1. The lowest BCUT2D eigenvalue weighted by Gasteiger charge is -2.49. The molecule has 2 bridgehead atoms. The van der Waals surface area contributed by atoms with Crippen molar-refractivity contribution in [1.82, 2.24) is 4.90 Å². The van der Waals surface area contributed by atoms with Crippen LogP contribution >= 0.6 is 0 Å². The van der Waals surface area contributed by atoms with Crippen molar-refractivity contribution in [3.8, 4) is 0 Å². The largest absolute Gasteiger partial charge is 0.458 e. The second-order valence-corrected chi connectivity index (χ2v) is 15.5. The van der Waals surface area contributed by atoms with E-state index in [1.54, 1.807) is 24.0 Å². The lowest BCUT2D eigenvalue weighted by atomic mass is 9.59. The molecule has 4 aliphatic carbocycles. The van der Waals surface area contributed by atoms with Crippen LogP contribution in [0.2, 0.25) is 0 Å². The summed E-state index contributed by atoms with van der Waals surface area (Å²) in [6.45, 7) is 10.3. The van der Waals surface area contributed by atoms with Gasteiger partial charge in [-0.1, -0.05) is 91.2 Å². The number of Topliss-reactive ketones (excluding diaryl/α,β-unsaturated/α-hetero) is 1. The summed E-state index contributed by atoms with van der Waals surface area (Å²) in [4.78, 5) is 43.0. The highest BCUT2D eigenvalue weighted by atomic mass is 16.6. The zero-order valence-corrected chi connectivity index (χ0v) is 28.7. The first kappa shape index (κ1) is 35.1. The van der Waals surface area contributed by atoms with Gasteiger partial charge >= 0.3 is 12.1 Å². The number of fused-ring (bicyclic) bond motifs is 3. The number of carbonyl (C=O) groups excluding carboxylic acids is 3. The molecular formula is C37H57NO8. The monoisotopic (exact) mass is 643 g/mol. The first-order valence-electron chi connectivity index (χ1n) is 18.0. The van der Waals surface area contributed by atoms with E-state index in [-0.39, 0.29) is 17.3 Å². The summed E-state index contributed by atoms with van der Waals surface area (Å²) in [5.41, 5.74) is -4.75. The van der Waals surface area contributed by atoms with Gasteiger partial charge in [-0.15, -0.1) is 0 Å². The van der Waals surface area contributed by atoms with Crippen molar-refractivity contribution in [2.24, 2.45) is 28.6 Å². The molecule has 0 aromatic heterocycles. The van der Waals surface area contributed by atoms with E-state index in [1.165, 1.54) is 38.5 Å². The van der Waals surface area contributed by atoms with Crippen LogP contribution in [-0.2, 0) is 19.1 Å². The molecule has 1 heterocycles. The SMILES string of the molecule is CCCCCCCCCCCC(=O)O[C@@]12C[C@@H](C)[C@]34C=C(C)[C@H](OC(=O)N5CCCC5)[C@@]3(O)[C@H](O)C(CO)=C[C@H](C4=O)[C@@H]1C2(C)C. The van der Waals surface area contributed by atoms with Crippen molar-refractivity contribution >= 4 is 17.8 Å². The minimum absolute atomic E-state index is 0.111. The Balaban J connectivity index is 1.38. The summed E-state index contributed by atoms with van der Waals surface area (Å²) in [5.74, 6) is -2.36. The third kappa shape index (κ3) is 5.46. The molecule has 5 rings (SSSR count). The highest BCUT2D eigenvalue weighted by molar-refractivity contribution is 5.96. The van der Waals surface area contributed by atoms with Gasteiger partial charge in [0.25, 0.3) is 0 Å². The summed E-state index contributed by atoms with van der Waals surface area (Å²) >= 11 is 0. The Morgan fingerprint density at radius 2 is 1.63 bits per heavy atom. The fourth-order valence-corrected chi connectivity index (χ4v) is 9.80. The molecular weight excluding hydrogens is 586 g/mol. The summed E-state index contributed by atoms with van der Waals surface area (Å²) in [6, 6.07) is 0. The Bertz CT molecular complexity index is 1240. The number of carbonyl (C=O) groups is 3. The predicted molar refractivity (Wildman–Crippen MR) is 174 cm³/mol. The molecule has 9 heteroatoms. The number of esters is 1. The van der Waals surface area contributed by atoms with Crippen LogP contribution in [0.25, 0.3) is 0 Å². The van der Waals surface area contributed by atoms with Crippen LogP contribution in [0, 0.1) is 28.6 Å². The molecule has 9 nitrogen and oxygen atoms in total. The van der Waals surface area contributed by atoms with Gasteiger partial charge < -0.3 is 29.7 Å². The summed E-state index contributed by atoms with van der Waals surface area (Å²) in [6.07, 6.45) is 12.4. The Morgan fingerprint density at radius 3 is 2.24 bits per heavy atom. The molecule has 0 unspecified atom stereocenters. The van der Waals surface area contributed by atoms with E-state index in [9.17, 15) is 29.7 Å². The van der Waals surface area contributed by atoms with Crippen molar-refractivity contribution in [1.29, 1.82) is 0 Å². The van der Waals surface area contributed by atoms with Crippen molar-refractivity contribution in [2.75, 3.05) is 19.7 Å². The average molecular weight is 644 g/mol. The Kier molecular flexibility index (Phi) is 10.2. The first-order chi connectivity index (χ1) is 21.8. The number of nitrogens with zero attached hydrogens (tertiary/aromatic N) is 1. The normalized spacial score (nSPS) is 37.4. The molecule has 1 spiro atoms. The fraction of sp³-hybridized carbons (Fsp3) is 0.811. The van der Waals surface area contributed by atoms with Gasteiger partial charge in [0.05, 0.1) is 12.0 Å². The zero-order chi connectivity index (χ0) is 33.5. The van der Waals surface area contributed by atoms with Crippen LogP contribution in [-0.4, -0.2) is 81.2 Å². The number of unbranched alkanes of at least 4 members (excludes halogenated alkanes) is 8. The van der Waals surface area contributed by atoms with Gasteiger partial charge in [0.2, 0.25) is 0 Å².